The van der Waals surface area contributed by atoms with Crippen LogP contribution in [0.25, 0.3) is 22.4 Å². The number of aromatic nitrogens is 1. The molecule has 0 unspecified atom stereocenters. The van der Waals surface area contributed by atoms with Crippen molar-refractivity contribution in [2.45, 2.75) is 38.2 Å². The van der Waals surface area contributed by atoms with Gasteiger partial charge < -0.3 is 14.6 Å². The fourth-order valence-electron chi connectivity index (χ4n) is 4.54. The van der Waals surface area contributed by atoms with E-state index in [1.54, 1.807) is 0 Å². The van der Waals surface area contributed by atoms with E-state index in [-0.39, 0.29) is 47.5 Å². The molecule has 196 valence electrons. The van der Waals surface area contributed by atoms with E-state index in [1.807, 2.05) is 54.6 Å². The van der Waals surface area contributed by atoms with Crippen molar-refractivity contribution in [2.24, 2.45) is 5.41 Å². The average molecular weight is 653 g/mol. The number of hydrogen-bond acceptors (Lipinski definition) is 5. The molecule has 0 aliphatic heterocycles. The second kappa shape index (κ2) is 13.6. The van der Waals surface area contributed by atoms with Gasteiger partial charge in [-0.3, -0.25) is 0 Å². The topological polar surface area (TPSA) is 62.2 Å². The summed E-state index contributed by atoms with van der Waals surface area (Å²) in [7, 11) is 0. The van der Waals surface area contributed by atoms with Gasteiger partial charge in [-0.25, -0.2) is 4.98 Å². The SMILES string of the molecule is O=C([O-])CC1(CO[C@H](CCc2ccccc2Br)c2cccc(C=Cc3ccc4sc(Cl)c(Cl)c4n3)c2)CC1.[Na+]. The van der Waals surface area contributed by atoms with Crippen LogP contribution in [0.4, 0.5) is 0 Å². The summed E-state index contributed by atoms with van der Waals surface area (Å²) in [6.07, 6.45) is 7.16. The Kier molecular flexibility index (Phi) is 10.7. The maximum Gasteiger partial charge on any atom is 1.00 e. The number of hydrogen-bond donors (Lipinski definition) is 0. The number of aliphatic carboxylic acids is 1. The van der Waals surface area contributed by atoms with Gasteiger partial charge in [0.05, 0.1) is 28.1 Å². The van der Waals surface area contributed by atoms with Crippen LogP contribution < -0.4 is 34.7 Å². The van der Waals surface area contributed by atoms with Gasteiger partial charge in [0.15, 0.2) is 0 Å². The molecule has 39 heavy (non-hydrogen) atoms. The predicted octanol–water partition coefficient (Wildman–Crippen LogP) is 5.15. The van der Waals surface area contributed by atoms with Crippen molar-refractivity contribution in [3.05, 3.63) is 96.9 Å². The fourth-order valence-corrected chi connectivity index (χ4v) is 6.44. The first-order valence-corrected chi connectivity index (χ1v) is 14.8. The monoisotopic (exact) mass is 651 g/mol. The minimum atomic E-state index is -1.01. The molecule has 1 aliphatic carbocycles. The number of carboxylic acid groups (broad SMARTS) is 1. The van der Waals surface area contributed by atoms with Crippen LogP contribution in [-0.4, -0.2) is 17.6 Å². The molecule has 9 heteroatoms. The molecule has 0 radical (unpaired) electrons. The number of rotatable bonds is 11. The molecule has 0 amide bonds. The molecular weight excluding hydrogens is 628 g/mol. The summed E-state index contributed by atoms with van der Waals surface area (Å²) < 4.78 is 9.00. The van der Waals surface area contributed by atoms with Crippen LogP contribution in [0.1, 0.15) is 54.2 Å². The summed E-state index contributed by atoms with van der Waals surface area (Å²) >= 11 is 17.5. The number of nitrogens with zero attached hydrogens (tertiary/aromatic N) is 1. The van der Waals surface area contributed by atoms with Gasteiger partial charge in [-0.1, -0.05) is 81.6 Å². The van der Waals surface area contributed by atoms with E-state index in [9.17, 15) is 9.90 Å². The van der Waals surface area contributed by atoms with Crippen molar-refractivity contribution in [2.75, 3.05) is 6.61 Å². The normalized spacial score (nSPS) is 14.8. The Morgan fingerprint density at radius 2 is 1.92 bits per heavy atom. The van der Waals surface area contributed by atoms with Gasteiger partial charge in [-0.2, -0.15) is 0 Å². The molecule has 4 aromatic rings. The molecular formula is C30H25BrCl2NNaO3S. The largest absolute Gasteiger partial charge is 1.00 e. The van der Waals surface area contributed by atoms with Gasteiger partial charge in [0.1, 0.15) is 9.85 Å². The van der Waals surface area contributed by atoms with Gasteiger partial charge in [0, 0.05) is 10.4 Å². The van der Waals surface area contributed by atoms with Crippen molar-refractivity contribution in [1.29, 1.82) is 0 Å². The minimum absolute atomic E-state index is 0. The first-order chi connectivity index (χ1) is 18.3. The number of thiophene rings is 1. The third-order valence-electron chi connectivity index (χ3n) is 6.89. The van der Waals surface area contributed by atoms with Crippen molar-refractivity contribution in [3.63, 3.8) is 0 Å². The van der Waals surface area contributed by atoms with E-state index in [1.165, 1.54) is 16.9 Å². The molecule has 2 heterocycles. The molecule has 0 bridgehead atoms. The summed E-state index contributed by atoms with van der Waals surface area (Å²) in [5.41, 5.74) is 4.49. The van der Waals surface area contributed by atoms with E-state index in [2.05, 4.69) is 39.1 Å². The number of benzene rings is 2. The van der Waals surface area contributed by atoms with E-state index in [0.717, 1.165) is 51.7 Å². The summed E-state index contributed by atoms with van der Waals surface area (Å²) in [6.45, 7) is 0.412. The zero-order chi connectivity index (χ0) is 26.7. The maximum atomic E-state index is 11.2. The van der Waals surface area contributed by atoms with Crippen LogP contribution in [0.3, 0.4) is 0 Å². The fraction of sp³-hybridized carbons (Fsp3) is 0.267. The van der Waals surface area contributed by atoms with Crippen molar-refractivity contribution in [1.82, 2.24) is 4.98 Å². The van der Waals surface area contributed by atoms with E-state index >= 15 is 0 Å². The molecule has 0 N–H and O–H groups in total. The number of fused-ring (bicyclic) bond motifs is 1. The van der Waals surface area contributed by atoms with Crippen LogP contribution in [0.15, 0.2) is 65.1 Å². The summed E-state index contributed by atoms with van der Waals surface area (Å²) in [5.74, 6) is -1.01. The minimum Gasteiger partial charge on any atom is -0.550 e. The van der Waals surface area contributed by atoms with Gasteiger partial charge in [0.2, 0.25) is 0 Å². The van der Waals surface area contributed by atoms with Gasteiger partial charge in [0.25, 0.3) is 0 Å². The van der Waals surface area contributed by atoms with Crippen LogP contribution in [-0.2, 0) is 16.0 Å². The van der Waals surface area contributed by atoms with Crippen molar-refractivity contribution in [3.8, 4) is 0 Å². The van der Waals surface area contributed by atoms with Crippen LogP contribution in [0.2, 0.25) is 9.36 Å². The van der Waals surface area contributed by atoms with Crippen molar-refractivity contribution < 1.29 is 44.2 Å². The van der Waals surface area contributed by atoms with Crippen LogP contribution in [0, 0.1) is 5.41 Å². The molecule has 2 aromatic carbocycles. The second-order valence-corrected chi connectivity index (χ2v) is 12.6. The number of aryl methyl sites for hydroxylation is 1. The Bertz CT molecular complexity index is 1500. The van der Waals surface area contributed by atoms with E-state index < -0.39 is 5.97 Å². The first-order valence-electron chi connectivity index (χ1n) is 12.4. The zero-order valence-corrected chi connectivity index (χ0v) is 27.4. The Morgan fingerprint density at radius 1 is 1.13 bits per heavy atom. The summed E-state index contributed by atoms with van der Waals surface area (Å²) in [6, 6.07) is 20.3. The molecule has 1 saturated carbocycles. The number of carboxylic acids is 1. The standard InChI is InChI=1S/C30H26BrCl2NO3S.Na/c31-23-7-2-1-5-20(23)9-12-24(37-18-30(14-15-30)17-26(35)36)21-6-3-4-19(16-21)8-10-22-11-13-25-28(34-22)27(32)29(33)38-25;/h1-8,10-11,13,16,24H,9,12,14-15,17-18H2,(H,35,36);/q;+1/p-1/t24-;/m1./s1. The summed E-state index contributed by atoms with van der Waals surface area (Å²) in [5, 5.41) is 11.7. The molecule has 4 nitrogen and oxygen atoms in total. The molecule has 1 aliphatic rings. The number of halogens is 3. The van der Waals surface area contributed by atoms with Crippen LogP contribution in [0.5, 0.6) is 0 Å². The van der Waals surface area contributed by atoms with E-state index in [4.69, 9.17) is 27.9 Å². The Balaban J connectivity index is 0.00000353. The number of pyridine rings is 1. The predicted molar refractivity (Wildman–Crippen MR) is 157 cm³/mol. The molecule has 5 rings (SSSR count). The van der Waals surface area contributed by atoms with Gasteiger partial charge >= 0.3 is 29.6 Å². The molecule has 2 aromatic heterocycles. The maximum absolute atomic E-state index is 11.2. The number of carbonyl (C=O) groups excluding carboxylic acids is 1. The second-order valence-electron chi connectivity index (χ2n) is 9.75. The third kappa shape index (κ3) is 7.96. The number of ether oxygens (including phenoxy) is 1. The molecule has 1 atom stereocenters. The average Bonchev–Trinajstić information content (AvgIpc) is 3.60. The van der Waals surface area contributed by atoms with Gasteiger partial charge in [-0.15, -0.1) is 11.3 Å². The Labute approximate surface area is 272 Å². The quantitative estimate of drug-likeness (QED) is 0.210. The van der Waals surface area contributed by atoms with E-state index in [0.29, 0.717) is 21.5 Å². The molecule has 0 spiro atoms. The number of carbonyl (C=O) groups is 1. The molecule has 1 fully saturated rings. The Morgan fingerprint density at radius 3 is 2.67 bits per heavy atom. The Hall–Kier alpha value is -1.22. The van der Waals surface area contributed by atoms with Crippen LogP contribution >= 0.6 is 50.5 Å². The summed E-state index contributed by atoms with van der Waals surface area (Å²) in [4.78, 5) is 15.9. The van der Waals surface area contributed by atoms with Crippen molar-refractivity contribution >= 4 is 78.8 Å². The van der Waals surface area contributed by atoms with Gasteiger partial charge in [-0.05, 0) is 84.6 Å². The third-order valence-corrected chi connectivity index (χ3v) is 9.59. The first kappa shape index (κ1) is 30.7. The molecule has 0 saturated heterocycles. The smallest absolute Gasteiger partial charge is 0.550 e. The zero-order valence-electron chi connectivity index (χ0n) is 21.5.